The van der Waals surface area contributed by atoms with E-state index in [2.05, 4.69) is 21.2 Å². The quantitative estimate of drug-likeness (QED) is 0.133. The van der Waals surface area contributed by atoms with Gasteiger partial charge in [-0.3, -0.25) is 13.9 Å². The van der Waals surface area contributed by atoms with Crippen LogP contribution in [0, 0.1) is 0 Å². The Hall–Kier alpha value is -4.15. The zero-order chi connectivity index (χ0) is 32.9. The van der Waals surface area contributed by atoms with E-state index >= 15 is 0 Å². The number of rotatable bonds is 16. The number of ether oxygens (including phenoxy) is 1. The summed E-state index contributed by atoms with van der Waals surface area (Å²) in [5.41, 5.74) is 1.98. The molecule has 0 aliphatic heterocycles. The van der Waals surface area contributed by atoms with Crippen molar-refractivity contribution in [1.82, 2.24) is 10.2 Å². The summed E-state index contributed by atoms with van der Waals surface area (Å²) in [6.07, 6.45) is 1.96. The van der Waals surface area contributed by atoms with E-state index in [4.69, 9.17) is 4.74 Å². The van der Waals surface area contributed by atoms with Gasteiger partial charge >= 0.3 is 0 Å². The molecule has 1 atom stereocenters. The van der Waals surface area contributed by atoms with Crippen LogP contribution in [-0.2, 0) is 32.6 Å². The van der Waals surface area contributed by atoms with E-state index in [9.17, 15) is 18.0 Å². The molecule has 0 saturated heterocycles. The van der Waals surface area contributed by atoms with Crippen LogP contribution in [0.25, 0.3) is 0 Å². The molecule has 0 spiro atoms. The molecule has 0 saturated carbocycles. The SMILES string of the molecule is CCCCNC(=O)[C@@H](Cc1ccccc1)N(Cc1ccc(Br)cc1)C(=O)CN(c1ccc(OCC)cc1)S(=O)(=O)c1ccccc1. The fraction of sp³-hybridized carbons (Fsp3) is 0.278. The topological polar surface area (TPSA) is 96.0 Å². The molecule has 0 aliphatic rings. The Morgan fingerprint density at radius 2 is 1.46 bits per heavy atom. The normalized spacial score (nSPS) is 11.8. The van der Waals surface area contributed by atoms with Gasteiger partial charge in [-0.25, -0.2) is 8.42 Å². The first-order chi connectivity index (χ1) is 22.2. The molecule has 10 heteroatoms. The second-order valence-corrected chi connectivity index (χ2v) is 13.5. The fourth-order valence-electron chi connectivity index (χ4n) is 4.97. The van der Waals surface area contributed by atoms with Gasteiger partial charge in [-0.15, -0.1) is 0 Å². The van der Waals surface area contributed by atoms with E-state index < -0.39 is 28.5 Å². The molecule has 0 heterocycles. The van der Waals surface area contributed by atoms with Gasteiger partial charge in [0.25, 0.3) is 10.0 Å². The van der Waals surface area contributed by atoms with Crippen LogP contribution in [0.1, 0.15) is 37.8 Å². The van der Waals surface area contributed by atoms with Crippen molar-refractivity contribution < 1.29 is 22.7 Å². The summed E-state index contributed by atoms with van der Waals surface area (Å²) in [6.45, 7) is 4.42. The maximum absolute atomic E-state index is 14.5. The lowest BCUT2D eigenvalue weighted by atomic mass is 10.0. The number of hydrogen-bond donors (Lipinski definition) is 1. The average molecular weight is 707 g/mol. The predicted octanol–water partition coefficient (Wildman–Crippen LogP) is 6.60. The first-order valence-electron chi connectivity index (χ1n) is 15.4. The van der Waals surface area contributed by atoms with E-state index in [0.717, 1.165) is 32.7 Å². The van der Waals surface area contributed by atoms with Crippen molar-refractivity contribution >= 4 is 43.5 Å². The lowest BCUT2D eigenvalue weighted by Crippen LogP contribution is -2.53. The maximum atomic E-state index is 14.5. The zero-order valence-electron chi connectivity index (χ0n) is 26.1. The smallest absolute Gasteiger partial charge is 0.264 e. The summed E-state index contributed by atoms with van der Waals surface area (Å²) in [4.78, 5) is 29.9. The van der Waals surface area contributed by atoms with Crippen LogP contribution < -0.4 is 14.4 Å². The predicted molar refractivity (Wildman–Crippen MR) is 185 cm³/mol. The molecule has 8 nitrogen and oxygen atoms in total. The van der Waals surface area contributed by atoms with Gasteiger partial charge in [-0.2, -0.15) is 0 Å². The number of anilines is 1. The number of nitrogens with zero attached hydrogens (tertiary/aromatic N) is 2. The van der Waals surface area contributed by atoms with Gasteiger partial charge in [0.1, 0.15) is 18.3 Å². The number of halogens is 1. The molecule has 0 bridgehead atoms. The van der Waals surface area contributed by atoms with Gasteiger partial charge in [0.05, 0.1) is 17.2 Å². The van der Waals surface area contributed by atoms with E-state index in [-0.39, 0.29) is 23.8 Å². The molecular formula is C36H40BrN3O5S. The molecule has 0 unspecified atom stereocenters. The molecule has 4 rings (SSSR count). The molecule has 242 valence electrons. The monoisotopic (exact) mass is 705 g/mol. The van der Waals surface area contributed by atoms with Crippen LogP contribution >= 0.6 is 15.9 Å². The number of amides is 2. The molecule has 0 aromatic heterocycles. The number of nitrogens with one attached hydrogen (secondary N) is 1. The Labute approximate surface area is 280 Å². The number of sulfonamides is 1. The maximum Gasteiger partial charge on any atom is 0.264 e. The Kier molecular flexibility index (Phi) is 12.8. The number of carbonyl (C=O) groups is 2. The molecule has 0 radical (unpaired) electrons. The molecule has 4 aromatic carbocycles. The summed E-state index contributed by atoms with van der Waals surface area (Å²) in [6, 6.07) is 30.7. The van der Waals surface area contributed by atoms with Crippen LogP contribution in [0.4, 0.5) is 5.69 Å². The van der Waals surface area contributed by atoms with Gasteiger partial charge in [-0.05, 0) is 73.0 Å². The van der Waals surface area contributed by atoms with E-state index in [0.29, 0.717) is 24.6 Å². The summed E-state index contributed by atoms with van der Waals surface area (Å²) in [5, 5.41) is 3.01. The van der Waals surface area contributed by atoms with Crippen molar-refractivity contribution in [3.63, 3.8) is 0 Å². The van der Waals surface area contributed by atoms with Crippen LogP contribution in [0.15, 0.2) is 119 Å². The highest BCUT2D eigenvalue weighted by Crippen LogP contribution is 2.27. The number of unbranched alkanes of at least 4 members (excludes halogenated alkanes) is 1. The highest BCUT2D eigenvalue weighted by molar-refractivity contribution is 9.10. The zero-order valence-corrected chi connectivity index (χ0v) is 28.5. The summed E-state index contributed by atoms with van der Waals surface area (Å²) in [5.74, 6) is -0.220. The molecule has 46 heavy (non-hydrogen) atoms. The largest absolute Gasteiger partial charge is 0.494 e. The lowest BCUT2D eigenvalue weighted by molar-refractivity contribution is -0.140. The van der Waals surface area contributed by atoms with Crippen LogP contribution in [-0.4, -0.2) is 50.9 Å². The van der Waals surface area contributed by atoms with Crippen molar-refractivity contribution in [2.75, 3.05) is 24.0 Å². The van der Waals surface area contributed by atoms with Crippen LogP contribution in [0.5, 0.6) is 5.75 Å². The Morgan fingerprint density at radius 3 is 2.07 bits per heavy atom. The van der Waals surface area contributed by atoms with Gasteiger partial charge in [0, 0.05) is 24.0 Å². The summed E-state index contributed by atoms with van der Waals surface area (Å²) < 4.78 is 35.8. The average Bonchev–Trinajstić information content (AvgIpc) is 3.07. The second kappa shape index (κ2) is 17.0. The summed E-state index contributed by atoms with van der Waals surface area (Å²) >= 11 is 3.46. The fourth-order valence-corrected chi connectivity index (χ4v) is 6.67. The van der Waals surface area contributed by atoms with Crippen molar-refractivity contribution in [3.8, 4) is 5.75 Å². The van der Waals surface area contributed by atoms with Gasteiger partial charge in [0.2, 0.25) is 11.8 Å². The minimum atomic E-state index is -4.17. The Bertz CT molecular complexity index is 1650. The van der Waals surface area contributed by atoms with E-state index in [1.807, 2.05) is 68.4 Å². The third kappa shape index (κ3) is 9.43. The molecule has 0 aliphatic carbocycles. The van der Waals surface area contributed by atoms with Crippen molar-refractivity contribution in [1.29, 1.82) is 0 Å². The minimum Gasteiger partial charge on any atom is -0.494 e. The van der Waals surface area contributed by atoms with Crippen molar-refractivity contribution in [2.24, 2.45) is 0 Å². The van der Waals surface area contributed by atoms with Gasteiger partial charge < -0.3 is 15.0 Å². The highest BCUT2D eigenvalue weighted by atomic mass is 79.9. The van der Waals surface area contributed by atoms with Crippen LogP contribution in [0.3, 0.4) is 0 Å². The molecular weight excluding hydrogens is 666 g/mol. The lowest BCUT2D eigenvalue weighted by Gasteiger charge is -2.34. The first-order valence-corrected chi connectivity index (χ1v) is 17.6. The standard InChI is InChI=1S/C36H40BrN3O5S/c1-3-5-24-38-36(42)34(25-28-12-8-6-9-13-28)39(26-29-16-18-30(37)19-17-29)35(41)27-40(31-20-22-32(23-21-31)45-4-2)46(43,44)33-14-10-7-11-15-33/h6-23,34H,3-5,24-27H2,1-2H3,(H,38,42)/t34-/m1/s1. The van der Waals surface area contributed by atoms with Gasteiger partial charge in [-0.1, -0.05) is 89.9 Å². The summed E-state index contributed by atoms with van der Waals surface area (Å²) in [7, 11) is -4.17. The van der Waals surface area contributed by atoms with Crippen molar-refractivity contribution in [2.45, 2.75) is 50.6 Å². The third-order valence-electron chi connectivity index (χ3n) is 7.41. The van der Waals surface area contributed by atoms with Gasteiger partial charge in [0.15, 0.2) is 0 Å². The van der Waals surface area contributed by atoms with Crippen molar-refractivity contribution in [3.05, 3.63) is 125 Å². The minimum absolute atomic E-state index is 0.0503. The third-order valence-corrected chi connectivity index (χ3v) is 9.73. The first kappa shape index (κ1) is 34.7. The number of hydrogen-bond acceptors (Lipinski definition) is 5. The van der Waals surface area contributed by atoms with E-state index in [1.165, 1.54) is 17.0 Å². The van der Waals surface area contributed by atoms with Crippen LogP contribution in [0.2, 0.25) is 0 Å². The molecule has 0 fully saturated rings. The van der Waals surface area contributed by atoms with E-state index in [1.54, 1.807) is 42.5 Å². The second-order valence-electron chi connectivity index (χ2n) is 10.7. The Morgan fingerprint density at radius 1 is 0.826 bits per heavy atom. The molecule has 4 aromatic rings. The molecule has 2 amide bonds. The Balaban J connectivity index is 1.77. The number of benzene rings is 4. The molecule has 1 N–H and O–H groups in total. The highest BCUT2D eigenvalue weighted by Gasteiger charge is 2.34. The number of carbonyl (C=O) groups excluding carboxylic acids is 2.